The summed E-state index contributed by atoms with van der Waals surface area (Å²) in [6.45, 7) is 7.92. The van der Waals surface area contributed by atoms with E-state index < -0.39 is 0 Å². The predicted octanol–water partition coefficient (Wildman–Crippen LogP) is 7.56. The van der Waals surface area contributed by atoms with Crippen LogP contribution in [0.5, 0.6) is 17.2 Å². The average molecular weight is 525 g/mol. The molecule has 0 spiro atoms. The zero-order chi connectivity index (χ0) is 26.9. The maximum Gasteiger partial charge on any atom is 0.179 e. The number of ketones is 1. The predicted molar refractivity (Wildman–Crippen MR) is 146 cm³/mol. The van der Waals surface area contributed by atoms with Gasteiger partial charge < -0.3 is 25.2 Å². The fourth-order valence-corrected chi connectivity index (χ4v) is 4.16. The first-order valence-electron chi connectivity index (χ1n) is 12.4. The largest absolute Gasteiger partial charge is 0.508 e. The lowest BCUT2D eigenvalue weighted by Gasteiger charge is -2.13. The fraction of sp³-hybridized carbons (Fsp3) is 0.310. The van der Waals surface area contributed by atoms with Gasteiger partial charge in [-0.1, -0.05) is 61.3 Å². The number of rotatable bonds is 13. The van der Waals surface area contributed by atoms with Crippen molar-refractivity contribution in [2.24, 2.45) is 0 Å². The summed E-state index contributed by atoms with van der Waals surface area (Å²) in [5.74, 6) is 0.204. The Bertz CT molecular complexity index is 1280. The first-order chi connectivity index (χ1) is 17.7. The van der Waals surface area contributed by atoms with Gasteiger partial charge in [0.1, 0.15) is 28.7 Å². The summed E-state index contributed by atoms with van der Waals surface area (Å²) >= 11 is 6.12. The van der Waals surface area contributed by atoms with Crippen molar-refractivity contribution in [2.45, 2.75) is 58.8 Å². The molecule has 196 valence electrons. The molecule has 0 fully saturated rings. The van der Waals surface area contributed by atoms with Gasteiger partial charge in [-0.2, -0.15) is 0 Å². The van der Waals surface area contributed by atoms with Crippen LogP contribution in [0, 0.1) is 0 Å². The van der Waals surface area contributed by atoms with Gasteiger partial charge in [-0.15, -0.1) is 0 Å². The van der Waals surface area contributed by atoms with E-state index in [0.717, 1.165) is 43.9 Å². The van der Waals surface area contributed by atoms with E-state index in [-0.39, 0.29) is 33.6 Å². The third-order valence-corrected chi connectivity index (χ3v) is 6.39. The van der Waals surface area contributed by atoms with E-state index in [0.29, 0.717) is 41.1 Å². The highest BCUT2D eigenvalue weighted by Crippen LogP contribution is 2.44. The molecule has 7 nitrogen and oxygen atoms in total. The van der Waals surface area contributed by atoms with Gasteiger partial charge in [0.25, 0.3) is 0 Å². The molecule has 37 heavy (non-hydrogen) atoms. The summed E-state index contributed by atoms with van der Waals surface area (Å²) in [5, 5.41) is 37.9. The van der Waals surface area contributed by atoms with Crippen molar-refractivity contribution < 1.29 is 24.6 Å². The van der Waals surface area contributed by atoms with Crippen LogP contribution in [-0.2, 0) is 4.79 Å². The highest BCUT2D eigenvalue weighted by Gasteiger charge is 2.25. The Morgan fingerprint density at radius 2 is 1.73 bits per heavy atom. The van der Waals surface area contributed by atoms with Crippen LogP contribution >= 0.6 is 11.6 Å². The number of aromatic hydroxyl groups is 3. The molecule has 3 aromatic rings. The molecule has 8 heteroatoms. The number of halogens is 1. The van der Waals surface area contributed by atoms with Crippen LogP contribution in [0.3, 0.4) is 0 Å². The third kappa shape index (κ3) is 7.17. The summed E-state index contributed by atoms with van der Waals surface area (Å²) in [5.41, 5.74) is 3.51. The number of carbonyl (C=O) groups is 1. The molecule has 0 saturated carbocycles. The maximum absolute atomic E-state index is 11.4. The monoisotopic (exact) mass is 524 g/mol. The average Bonchev–Trinajstić information content (AvgIpc) is 3.31. The molecule has 0 atom stereocenters. The van der Waals surface area contributed by atoms with Crippen molar-refractivity contribution in [1.82, 2.24) is 10.5 Å². The second kappa shape index (κ2) is 13.0. The molecule has 1 aromatic heterocycles. The minimum absolute atomic E-state index is 0.0548. The van der Waals surface area contributed by atoms with Gasteiger partial charge in [-0.05, 0) is 49.9 Å². The number of carbonyl (C=O) groups excluding carboxylic acids is 1. The second-order valence-corrected chi connectivity index (χ2v) is 9.25. The van der Waals surface area contributed by atoms with Crippen LogP contribution in [0.4, 0.5) is 0 Å². The van der Waals surface area contributed by atoms with Gasteiger partial charge in [0.2, 0.25) is 0 Å². The number of unbranched alkanes of at least 4 members (excludes halogenated alkanes) is 3. The quantitative estimate of drug-likeness (QED) is 0.170. The third-order valence-electron chi connectivity index (χ3n) is 6.09. The maximum atomic E-state index is 11.4. The summed E-state index contributed by atoms with van der Waals surface area (Å²) in [6.07, 6.45) is 7.74. The minimum atomic E-state index is -0.252. The first kappa shape index (κ1) is 27.9. The smallest absolute Gasteiger partial charge is 0.179 e. The number of phenols is 3. The number of nitrogens with zero attached hydrogens (tertiary/aromatic N) is 1. The number of allylic oxidation sites excluding steroid dienone is 2. The van der Waals surface area contributed by atoms with E-state index >= 15 is 0 Å². The van der Waals surface area contributed by atoms with Crippen molar-refractivity contribution in [1.29, 1.82) is 0 Å². The summed E-state index contributed by atoms with van der Waals surface area (Å²) < 4.78 is 5.71. The Balaban J connectivity index is 1.83. The molecule has 0 radical (unpaired) electrons. The molecular formula is C29H33ClN2O5. The number of phenolic OH excluding ortho intramolecular Hbond substituents is 3. The van der Waals surface area contributed by atoms with E-state index in [4.69, 9.17) is 16.1 Å². The molecule has 4 N–H and O–H groups in total. The normalized spacial score (nSPS) is 11.5. The lowest BCUT2D eigenvalue weighted by molar-refractivity contribution is -0.118. The zero-order valence-electron chi connectivity index (χ0n) is 21.2. The molecular weight excluding hydrogens is 492 g/mol. The summed E-state index contributed by atoms with van der Waals surface area (Å²) in [7, 11) is 0. The van der Waals surface area contributed by atoms with Crippen molar-refractivity contribution in [2.75, 3.05) is 0 Å². The van der Waals surface area contributed by atoms with Gasteiger partial charge in [0, 0.05) is 24.6 Å². The minimum Gasteiger partial charge on any atom is -0.508 e. The highest BCUT2D eigenvalue weighted by molar-refractivity contribution is 6.32. The van der Waals surface area contributed by atoms with Crippen molar-refractivity contribution in [3.8, 4) is 39.7 Å². The molecule has 0 aliphatic carbocycles. The van der Waals surface area contributed by atoms with E-state index in [1.807, 2.05) is 19.9 Å². The number of Topliss-reactive ketones (excluding diaryl/α,β-unsaturated/α-hetero) is 1. The summed E-state index contributed by atoms with van der Waals surface area (Å²) in [6, 6.07) is 9.11. The van der Waals surface area contributed by atoms with E-state index in [9.17, 15) is 20.1 Å². The lowest BCUT2D eigenvalue weighted by Crippen LogP contribution is -2.12. The van der Waals surface area contributed by atoms with Crippen molar-refractivity contribution in [3.05, 3.63) is 65.5 Å². The second-order valence-electron chi connectivity index (χ2n) is 8.84. The molecule has 0 bridgehead atoms. The van der Waals surface area contributed by atoms with Gasteiger partial charge >= 0.3 is 0 Å². The zero-order valence-corrected chi connectivity index (χ0v) is 21.9. The number of benzene rings is 2. The van der Waals surface area contributed by atoms with Gasteiger partial charge in [0.05, 0.1) is 21.8 Å². The van der Waals surface area contributed by atoms with Gasteiger partial charge in [-0.3, -0.25) is 4.79 Å². The van der Waals surface area contributed by atoms with Crippen LogP contribution in [-0.4, -0.2) is 26.3 Å². The first-order valence-corrected chi connectivity index (χ1v) is 12.8. The van der Waals surface area contributed by atoms with Crippen LogP contribution in [0.25, 0.3) is 28.1 Å². The Hall–Kier alpha value is -3.71. The molecule has 0 amide bonds. The number of aromatic nitrogens is 1. The molecule has 3 rings (SSSR count). The van der Waals surface area contributed by atoms with Crippen LogP contribution in [0.2, 0.25) is 5.02 Å². The standard InChI is InChI=1S/C29H33ClN2O5/c1-4-20(33)11-9-7-6-8-10-18(3)31-24(5-2)28-27(19-12-14-21(34)15-13-19)29(37-32-28)22-16-23(30)26(36)17-25(22)35/h5,12-17,31,34-36H,3-4,6-11H2,1-2H3/b24-5-. The number of hydrogen-bond acceptors (Lipinski definition) is 7. The molecule has 0 unspecified atom stereocenters. The van der Waals surface area contributed by atoms with Gasteiger partial charge in [-0.25, -0.2) is 0 Å². The summed E-state index contributed by atoms with van der Waals surface area (Å²) in [4.78, 5) is 11.4. The Morgan fingerprint density at radius 1 is 1.05 bits per heavy atom. The molecule has 0 aliphatic rings. The fourth-order valence-electron chi connectivity index (χ4n) is 4.00. The van der Waals surface area contributed by atoms with E-state index in [1.165, 1.54) is 6.07 Å². The van der Waals surface area contributed by atoms with Crippen LogP contribution in [0.1, 0.15) is 64.5 Å². The molecule has 0 saturated heterocycles. The van der Waals surface area contributed by atoms with Crippen LogP contribution in [0.15, 0.2) is 59.3 Å². The van der Waals surface area contributed by atoms with Crippen molar-refractivity contribution in [3.63, 3.8) is 0 Å². The Labute approximate surface area is 222 Å². The Morgan fingerprint density at radius 3 is 2.38 bits per heavy atom. The van der Waals surface area contributed by atoms with Gasteiger partial charge in [0.15, 0.2) is 5.76 Å². The van der Waals surface area contributed by atoms with E-state index in [2.05, 4.69) is 17.1 Å². The number of nitrogens with one attached hydrogen (secondary N) is 1. The lowest BCUT2D eigenvalue weighted by atomic mass is 9.97. The Kier molecular flexibility index (Phi) is 9.80. The topological polar surface area (TPSA) is 116 Å². The number of hydrogen-bond donors (Lipinski definition) is 4. The molecule has 0 aliphatic heterocycles. The van der Waals surface area contributed by atoms with Crippen molar-refractivity contribution >= 4 is 23.1 Å². The van der Waals surface area contributed by atoms with Crippen LogP contribution < -0.4 is 5.32 Å². The molecule has 1 heterocycles. The SMILES string of the molecule is C=C(CCCCCCC(=O)CC)N/C(=C\C)c1noc(-c2cc(Cl)c(O)cc2O)c1-c1ccc(O)cc1. The molecule has 2 aromatic carbocycles. The highest BCUT2D eigenvalue weighted by atomic mass is 35.5. The van der Waals surface area contributed by atoms with E-state index in [1.54, 1.807) is 24.3 Å².